The third-order valence-corrected chi connectivity index (χ3v) is 7.42. The predicted molar refractivity (Wildman–Crippen MR) is 154 cm³/mol. The number of hydrogen-bond acceptors (Lipinski definition) is 3. The molecular formula is C34H26N2O2. The first-order valence-corrected chi connectivity index (χ1v) is 13.0. The molecule has 4 aromatic carbocycles. The van der Waals surface area contributed by atoms with Crippen LogP contribution in [0.2, 0.25) is 0 Å². The Labute approximate surface area is 220 Å². The van der Waals surface area contributed by atoms with Gasteiger partial charge in [0, 0.05) is 46.0 Å². The molecule has 4 nitrogen and oxygen atoms in total. The molecule has 0 radical (unpaired) electrons. The summed E-state index contributed by atoms with van der Waals surface area (Å²) in [4.78, 5) is 7.83. The number of rotatable bonds is 6. The summed E-state index contributed by atoms with van der Waals surface area (Å²) in [7, 11) is 0. The summed E-state index contributed by atoms with van der Waals surface area (Å²) in [6.07, 6.45) is 8.35. The molecule has 0 aliphatic heterocycles. The highest BCUT2D eigenvalue weighted by atomic mass is 16.3. The van der Waals surface area contributed by atoms with Crippen LogP contribution >= 0.6 is 0 Å². The molecule has 184 valence electrons. The first-order chi connectivity index (χ1) is 18.8. The van der Waals surface area contributed by atoms with Gasteiger partial charge in [0.25, 0.3) is 0 Å². The van der Waals surface area contributed by atoms with E-state index in [1.165, 1.54) is 10.9 Å². The lowest BCUT2D eigenvalue weighted by Crippen LogP contribution is -1.94. The minimum Gasteiger partial charge on any atom is -0.507 e. The molecule has 4 heteroatoms. The molecule has 0 bridgehead atoms. The number of aromatic hydroxyl groups is 1. The van der Waals surface area contributed by atoms with Gasteiger partial charge in [0.05, 0.1) is 5.56 Å². The lowest BCUT2D eigenvalue weighted by atomic mass is 9.95. The highest BCUT2D eigenvalue weighted by Gasteiger charge is 2.21. The number of fused-ring (bicyclic) bond motifs is 4. The van der Waals surface area contributed by atoms with E-state index < -0.39 is 0 Å². The fraction of sp³-hybridized carbons (Fsp3) is 0.0882. The Bertz CT molecular complexity index is 1910. The number of H-pyrrole nitrogens is 1. The van der Waals surface area contributed by atoms with E-state index in [1.807, 2.05) is 61.1 Å². The maximum atomic E-state index is 11.6. The Morgan fingerprint density at radius 1 is 0.711 bits per heavy atom. The van der Waals surface area contributed by atoms with Gasteiger partial charge in [0.15, 0.2) is 0 Å². The molecule has 0 unspecified atom stereocenters. The number of furan rings is 1. The van der Waals surface area contributed by atoms with Crippen LogP contribution in [-0.2, 0) is 12.8 Å². The predicted octanol–water partition coefficient (Wildman–Crippen LogP) is 8.68. The molecule has 0 saturated heterocycles. The minimum absolute atomic E-state index is 0.284. The van der Waals surface area contributed by atoms with Crippen molar-refractivity contribution in [3.05, 3.63) is 121 Å². The molecule has 0 amide bonds. The van der Waals surface area contributed by atoms with Crippen molar-refractivity contribution in [1.82, 2.24) is 9.97 Å². The lowest BCUT2D eigenvalue weighted by Gasteiger charge is -2.11. The zero-order chi connectivity index (χ0) is 25.5. The number of nitrogens with zero attached hydrogens (tertiary/aromatic N) is 1. The van der Waals surface area contributed by atoms with Crippen LogP contribution in [0.25, 0.3) is 55.1 Å². The molecule has 0 aliphatic carbocycles. The molecule has 0 aliphatic rings. The molecule has 38 heavy (non-hydrogen) atoms. The van der Waals surface area contributed by atoms with Gasteiger partial charge in [-0.05, 0) is 59.5 Å². The zero-order valence-corrected chi connectivity index (χ0v) is 20.8. The molecule has 0 fully saturated rings. The van der Waals surface area contributed by atoms with Crippen LogP contribution in [0.4, 0.5) is 0 Å². The topological polar surface area (TPSA) is 62.1 Å². The summed E-state index contributed by atoms with van der Waals surface area (Å²) < 4.78 is 6.33. The van der Waals surface area contributed by atoms with E-state index in [4.69, 9.17) is 4.42 Å². The monoisotopic (exact) mass is 494 g/mol. The van der Waals surface area contributed by atoms with Crippen molar-refractivity contribution in [1.29, 1.82) is 0 Å². The zero-order valence-electron chi connectivity index (χ0n) is 20.8. The number of para-hydroxylation sites is 1. The molecular weight excluding hydrogens is 468 g/mol. The molecule has 0 spiro atoms. The van der Waals surface area contributed by atoms with Crippen LogP contribution < -0.4 is 0 Å². The van der Waals surface area contributed by atoms with Gasteiger partial charge in [-0.15, -0.1) is 0 Å². The van der Waals surface area contributed by atoms with Gasteiger partial charge in [0.2, 0.25) is 0 Å². The van der Waals surface area contributed by atoms with Crippen LogP contribution in [0.1, 0.15) is 17.5 Å². The summed E-state index contributed by atoms with van der Waals surface area (Å²) >= 11 is 0. The Morgan fingerprint density at radius 2 is 1.47 bits per heavy atom. The highest BCUT2D eigenvalue weighted by Crippen LogP contribution is 2.44. The van der Waals surface area contributed by atoms with E-state index in [0.717, 1.165) is 69.0 Å². The Morgan fingerprint density at radius 3 is 2.37 bits per heavy atom. The summed E-state index contributed by atoms with van der Waals surface area (Å²) in [5.41, 5.74) is 7.43. The quantitative estimate of drug-likeness (QED) is 0.243. The number of pyridine rings is 1. The average Bonchev–Trinajstić information content (AvgIpc) is 3.59. The number of nitrogens with one attached hydrogen (secondary N) is 1. The molecule has 0 atom stereocenters. The van der Waals surface area contributed by atoms with Gasteiger partial charge in [-0.1, -0.05) is 72.8 Å². The number of aryl methyl sites for hydroxylation is 2. The smallest absolute Gasteiger partial charge is 0.147 e. The van der Waals surface area contributed by atoms with Gasteiger partial charge in [-0.2, -0.15) is 0 Å². The fourth-order valence-corrected chi connectivity index (χ4v) is 5.53. The molecule has 7 rings (SSSR count). The maximum Gasteiger partial charge on any atom is 0.147 e. The van der Waals surface area contributed by atoms with E-state index >= 15 is 0 Å². The normalized spacial score (nSPS) is 11.6. The van der Waals surface area contributed by atoms with Crippen molar-refractivity contribution in [2.45, 2.75) is 19.3 Å². The van der Waals surface area contributed by atoms with Crippen molar-refractivity contribution in [2.75, 3.05) is 0 Å². The molecule has 0 saturated carbocycles. The Hall–Kier alpha value is -4.83. The molecule has 7 aromatic rings. The number of hydrogen-bond donors (Lipinski definition) is 2. The molecule has 3 heterocycles. The summed E-state index contributed by atoms with van der Waals surface area (Å²) in [6, 6.07) is 30.8. The second-order valence-corrected chi connectivity index (χ2v) is 9.78. The number of phenols is 1. The number of aromatic nitrogens is 2. The second kappa shape index (κ2) is 9.24. The van der Waals surface area contributed by atoms with Crippen LogP contribution in [-0.4, -0.2) is 15.1 Å². The standard InChI is InChI=1S/C34H26N2O2/c37-33-23(12-8-13-25-20-35-19-24-11-4-5-14-27(24)25)17-29-28-15-6-7-16-31(28)38-34(29)32(33)26-18-30(36-21-26)22-9-2-1-3-10-22/h1-7,9-11,14-21,36-37H,8,12-13H2. The van der Waals surface area contributed by atoms with E-state index in [-0.39, 0.29) is 5.75 Å². The van der Waals surface area contributed by atoms with Gasteiger partial charge in [0.1, 0.15) is 16.9 Å². The molecule has 2 N–H and O–H groups in total. The van der Waals surface area contributed by atoms with Crippen molar-refractivity contribution in [3.63, 3.8) is 0 Å². The van der Waals surface area contributed by atoms with Gasteiger partial charge >= 0.3 is 0 Å². The van der Waals surface area contributed by atoms with Crippen molar-refractivity contribution >= 4 is 32.7 Å². The van der Waals surface area contributed by atoms with Crippen molar-refractivity contribution in [2.24, 2.45) is 0 Å². The van der Waals surface area contributed by atoms with Crippen LogP contribution in [0.5, 0.6) is 5.75 Å². The van der Waals surface area contributed by atoms with Crippen LogP contribution in [0.15, 0.2) is 114 Å². The minimum atomic E-state index is 0.284. The Balaban J connectivity index is 1.30. The van der Waals surface area contributed by atoms with Crippen molar-refractivity contribution < 1.29 is 9.52 Å². The number of phenolic OH excluding ortho intramolecular Hbond substituents is 1. The fourth-order valence-electron chi connectivity index (χ4n) is 5.53. The average molecular weight is 495 g/mol. The van der Waals surface area contributed by atoms with E-state index in [1.54, 1.807) is 0 Å². The highest BCUT2D eigenvalue weighted by molar-refractivity contribution is 6.11. The van der Waals surface area contributed by atoms with E-state index in [9.17, 15) is 5.11 Å². The van der Waals surface area contributed by atoms with E-state index in [0.29, 0.717) is 5.58 Å². The van der Waals surface area contributed by atoms with Gasteiger partial charge in [-0.3, -0.25) is 4.98 Å². The van der Waals surface area contributed by atoms with Gasteiger partial charge in [-0.25, -0.2) is 0 Å². The summed E-state index contributed by atoms with van der Waals surface area (Å²) in [5, 5.41) is 16.1. The summed E-state index contributed by atoms with van der Waals surface area (Å²) in [6.45, 7) is 0. The largest absolute Gasteiger partial charge is 0.507 e. The van der Waals surface area contributed by atoms with Crippen LogP contribution in [0.3, 0.4) is 0 Å². The Kier molecular flexibility index (Phi) is 5.44. The van der Waals surface area contributed by atoms with Crippen LogP contribution in [0, 0.1) is 0 Å². The first kappa shape index (κ1) is 22.4. The first-order valence-electron chi connectivity index (χ1n) is 13.0. The number of benzene rings is 4. The van der Waals surface area contributed by atoms with Gasteiger partial charge < -0.3 is 14.5 Å². The number of aromatic amines is 1. The third kappa shape index (κ3) is 3.82. The van der Waals surface area contributed by atoms with Crippen molar-refractivity contribution in [3.8, 4) is 28.1 Å². The summed E-state index contributed by atoms with van der Waals surface area (Å²) in [5.74, 6) is 0.284. The maximum absolute atomic E-state index is 11.6. The van der Waals surface area contributed by atoms with E-state index in [2.05, 4.69) is 58.5 Å². The SMILES string of the molecule is Oc1c(CCCc2cncc3ccccc23)cc2c(oc3ccccc32)c1-c1c[nH]c(-c2ccccc2)c1. The third-order valence-electron chi connectivity index (χ3n) is 7.42. The lowest BCUT2D eigenvalue weighted by molar-refractivity contribution is 0.469. The second-order valence-electron chi connectivity index (χ2n) is 9.78. The molecule has 3 aromatic heterocycles.